The standard InChI is InChI=1S/C19H28N2O2/c1-19(2,3)23-18(22)20-15-9-11-21(12-10-15)17-13-16(17)14-7-5-4-6-8-14/h4-8,15-17H,9-13H2,1-3H3,(H,20,22)/t16-,17+/m0/s1. The molecular weight excluding hydrogens is 288 g/mol. The Bertz CT molecular complexity index is 530. The molecule has 0 radical (unpaired) electrons. The summed E-state index contributed by atoms with van der Waals surface area (Å²) in [6, 6.07) is 11.7. The summed E-state index contributed by atoms with van der Waals surface area (Å²) in [6.45, 7) is 7.81. The molecule has 1 saturated carbocycles. The van der Waals surface area contributed by atoms with E-state index in [0.717, 1.165) is 25.9 Å². The summed E-state index contributed by atoms with van der Waals surface area (Å²) in [6.07, 6.45) is 3.01. The van der Waals surface area contributed by atoms with E-state index >= 15 is 0 Å². The molecule has 4 heteroatoms. The number of carbonyl (C=O) groups is 1. The summed E-state index contributed by atoms with van der Waals surface area (Å²) in [5.41, 5.74) is 1.04. The molecule has 1 aliphatic carbocycles. The fourth-order valence-electron chi connectivity index (χ4n) is 3.49. The molecule has 3 rings (SSSR count). The van der Waals surface area contributed by atoms with Crippen molar-refractivity contribution in [1.82, 2.24) is 10.2 Å². The van der Waals surface area contributed by atoms with E-state index < -0.39 is 5.60 Å². The van der Waals surface area contributed by atoms with Gasteiger partial charge in [-0.1, -0.05) is 30.3 Å². The van der Waals surface area contributed by atoms with Gasteiger partial charge in [-0.05, 0) is 45.6 Å². The molecule has 23 heavy (non-hydrogen) atoms. The maximum atomic E-state index is 11.8. The molecule has 0 aromatic heterocycles. The van der Waals surface area contributed by atoms with Gasteiger partial charge in [0.2, 0.25) is 0 Å². The largest absolute Gasteiger partial charge is 0.444 e. The van der Waals surface area contributed by atoms with Gasteiger partial charge in [0, 0.05) is 31.1 Å². The number of hydrogen-bond acceptors (Lipinski definition) is 3. The minimum atomic E-state index is -0.429. The predicted octanol–water partition coefficient (Wildman–Crippen LogP) is 3.53. The lowest BCUT2D eigenvalue weighted by Crippen LogP contribution is -2.46. The van der Waals surface area contributed by atoms with Crippen LogP contribution in [-0.4, -0.2) is 41.8 Å². The molecule has 1 amide bonds. The summed E-state index contributed by atoms with van der Waals surface area (Å²) in [5.74, 6) is 0.701. The topological polar surface area (TPSA) is 41.6 Å². The molecule has 1 heterocycles. The van der Waals surface area contributed by atoms with Crippen molar-refractivity contribution < 1.29 is 9.53 Å². The Morgan fingerprint density at radius 2 is 1.83 bits per heavy atom. The number of benzene rings is 1. The zero-order valence-electron chi connectivity index (χ0n) is 14.4. The van der Waals surface area contributed by atoms with Crippen molar-refractivity contribution in [3.63, 3.8) is 0 Å². The first-order valence-corrected chi connectivity index (χ1v) is 8.71. The number of nitrogens with zero attached hydrogens (tertiary/aromatic N) is 1. The third-order valence-corrected chi connectivity index (χ3v) is 4.70. The van der Waals surface area contributed by atoms with E-state index in [2.05, 4.69) is 40.5 Å². The number of hydrogen-bond donors (Lipinski definition) is 1. The number of piperidine rings is 1. The fraction of sp³-hybridized carbons (Fsp3) is 0.632. The van der Waals surface area contributed by atoms with Gasteiger partial charge < -0.3 is 10.1 Å². The number of alkyl carbamates (subject to hydrolysis) is 1. The van der Waals surface area contributed by atoms with E-state index in [1.54, 1.807) is 0 Å². The Morgan fingerprint density at radius 1 is 1.17 bits per heavy atom. The zero-order valence-corrected chi connectivity index (χ0v) is 14.4. The van der Waals surface area contributed by atoms with Crippen LogP contribution in [0.5, 0.6) is 0 Å². The lowest BCUT2D eigenvalue weighted by Gasteiger charge is -2.33. The molecular formula is C19H28N2O2. The average Bonchev–Trinajstić information content (AvgIpc) is 3.27. The number of nitrogens with one attached hydrogen (secondary N) is 1. The molecule has 126 valence electrons. The van der Waals surface area contributed by atoms with Crippen LogP contribution in [0.2, 0.25) is 0 Å². The van der Waals surface area contributed by atoms with E-state index in [9.17, 15) is 4.79 Å². The Kier molecular flexibility index (Phi) is 4.62. The monoisotopic (exact) mass is 316 g/mol. The summed E-state index contributed by atoms with van der Waals surface area (Å²) < 4.78 is 5.34. The average molecular weight is 316 g/mol. The molecule has 1 N–H and O–H groups in total. The first kappa shape index (κ1) is 16.3. The van der Waals surface area contributed by atoms with Gasteiger partial charge in [0.25, 0.3) is 0 Å². The van der Waals surface area contributed by atoms with Crippen molar-refractivity contribution in [3.8, 4) is 0 Å². The quantitative estimate of drug-likeness (QED) is 0.927. The Labute approximate surface area is 139 Å². The Hall–Kier alpha value is -1.55. The van der Waals surface area contributed by atoms with Crippen LogP contribution >= 0.6 is 0 Å². The normalized spacial score (nSPS) is 25.9. The number of likely N-dealkylation sites (tertiary alicyclic amines) is 1. The van der Waals surface area contributed by atoms with Crippen LogP contribution in [0.3, 0.4) is 0 Å². The molecule has 0 spiro atoms. The molecule has 1 aromatic carbocycles. The molecule has 2 atom stereocenters. The highest BCUT2D eigenvalue weighted by molar-refractivity contribution is 5.68. The van der Waals surface area contributed by atoms with Gasteiger partial charge >= 0.3 is 6.09 Å². The van der Waals surface area contributed by atoms with Gasteiger partial charge in [-0.3, -0.25) is 4.90 Å². The SMILES string of the molecule is CC(C)(C)OC(=O)NC1CCN([C@@H]2C[C@H]2c2ccccc2)CC1. The fourth-order valence-corrected chi connectivity index (χ4v) is 3.49. The van der Waals surface area contributed by atoms with Crippen LogP contribution in [-0.2, 0) is 4.74 Å². The second kappa shape index (κ2) is 6.52. The highest BCUT2D eigenvalue weighted by Gasteiger charge is 2.43. The predicted molar refractivity (Wildman–Crippen MR) is 91.6 cm³/mol. The summed E-state index contributed by atoms with van der Waals surface area (Å²) in [4.78, 5) is 14.4. The van der Waals surface area contributed by atoms with Crippen molar-refractivity contribution >= 4 is 6.09 Å². The number of amides is 1. The smallest absolute Gasteiger partial charge is 0.407 e. The third kappa shape index (κ3) is 4.47. The molecule has 1 aliphatic heterocycles. The van der Waals surface area contributed by atoms with Crippen molar-refractivity contribution in [1.29, 1.82) is 0 Å². The van der Waals surface area contributed by atoms with Crippen LogP contribution in [0.4, 0.5) is 4.79 Å². The van der Waals surface area contributed by atoms with E-state index in [4.69, 9.17) is 4.74 Å². The van der Waals surface area contributed by atoms with Gasteiger partial charge in [-0.25, -0.2) is 4.79 Å². The van der Waals surface area contributed by atoms with E-state index in [1.807, 2.05) is 20.8 Å². The first-order chi connectivity index (χ1) is 10.9. The second-order valence-electron chi connectivity index (χ2n) is 7.78. The van der Waals surface area contributed by atoms with Crippen LogP contribution in [0, 0.1) is 0 Å². The van der Waals surface area contributed by atoms with Crippen LogP contribution < -0.4 is 5.32 Å². The molecule has 0 bridgehead atoms. The van der Waals surface area contributed by atoms with Gasteiger partial charge in [-0.15, -0.1) is 0 Å². The van der Waals surface area contributed by atoms with Crippen molar-refractivity contribution in [2.45, 2.75) is 63.6 Å². The Balaban J connectivity index is 1.42. The van der Waals surface area contributed by atoms with Crippen LogP contribution in [0.1, 0.15) is 51.5 Å². The summed E-state index contributed by atoms with van der Waals surface area (Å²) >= 11 is 0. The molecule has 0 unspecified atom stereocenters. The van der Waals surface area contributed by atoms with E-state index in [1.165, 1.54) is 12.0 Å². The third-order valence-electron chi connectivity index (χ3n) is 4.70. The van der Waals surface area contributed by atoms with Gasteiger partial charge in [0.05, 0.1) is 0 Å². The molecule has 4 nitrogen and oxygen atoms in total. The van der Waals surface area contributed by atoms with E-state index in [0.29, 0.717) is 12.0 Å². The number of ether oxygens (including phenoxy) is 1. The minimum Gasteiger partial charge on any atom is -0.444 e. The van der Waals surface area contributed by atoms with Gasteiger partial charge in [0.1, 0.15) is 5.60 Å². The highest BCUT2D eigenvalue weighted by atomic mass is 16.6. The van der Waals surface area contributed by atoms with Crippen LogP contribution in [0.25, 0.3) is 0 Å². The molecule has 2 fully saturated rings. The highest BCUT2D eigenvalue weighted by Crippen LogP contribution is 2.45. The Morgan fingerprint density at radius 3 is 2.43 bits per heavy atom. The molecule has 1 saturated heterocycles. The maximum absolute atomic E-state index is 11.8. The molecule has 1 aromatic rings. The summed E-state index contributed by atoms with van der Waals surface area (Å²) in [5, 5.41) is 3.01. The van der Waals surface area contributed by atoms with E-state index in [-0.39, 0.29) is 12.1 Å². The second-order valence-corrected chi connectivity index (χ2v) is 7.78. The minimum absolute atomic E-state index is 0.245. The zero-order chi connectivity index (χ0) is 16.4. The van der Waals surface area contributed by atoms with Gasteiger partial charge in [-0.2, -0.15) is 0 Å². The van der Waals surface area contributed by atoms with Crippen molar-refractivity contribution in [3.05, 3.63) is 35.9 Å². The van der Waals surface area contributed by atoms with Crippen LogP contribution in [0.15, 0.2) is 30.3 Å². The summed E-state index contributed by atoms with van der Waals surface area (Å²) in [7, 11) is 0. The first-order valence-electron chi connectivity index (χ1n) is 8.71. The van der Waals surface area contributed by atoms with Crippen molar-refractivity contribution in [2.24, 2.45) is 0 Å². The number of carbonyl (C=O) groups excluding carboxylic acids is 1. The lowest BCUT2D eigenvalue weighted by molar-refractivity contribution is 0.0477. The number of rotatable bonds is 3. The lowest BCUT2D eigenvalue weighted by atomic mass is 10.0. The molecule has 2 aliphatic rings. The maximum Gasteiger partial charge on any atom is 0.407 e. The van der Waals surface area contributed by atoms with Crippen molar-refractivity contribution in [2.75, 3.05) is 13.1 Å². The van der Waals surface area contributed by atoms with Gasteiger partial charge in [0.15, 0.2) is 0 Å².